The smallest absolute Gasteiger partial charge is 0.120 e. The van der Waals surface area contributed by atoms with E-state index in [9.17, 15) is 0 Å². The monoisotopic (exact) mass is 489 g/mol. The van der Waals surface area contributed by atoms with E-state index in [1.165, 1.54) is 0 Å². The Labute approximate surface area is 219 Å². The molecule has 1 saturated heterocycles. The van der Waals surface area contributed by atoms with Crippen LogP contribution in [-0.4, -0.2) is 59.1 Å². The summed E-state index contributed by atoms with van der Waals surface area (Å²) >= 11 is 0. The summed E-state index contributed by atoms with van der Waals surface area (Å²) < 4.78 is 0. The van der Waals surface area contributed by atoms with Crippen LogP contribution in [0.1, 0.15) is 70.6 Å². The van der Waals surface area contributed by atoms with Gasteiger partial charge in [0, 0.05) is 43.3 Å². The molecule has 1 aromatic rings. The van der Waals surface area contributed by atoms with E-state index in [2.05, 4.69) is 87.8 Å². The number of aryl methyl sites for hydroxylation is 1. The van der Waals surface area contributed by atoms with E-state index in [0.29, 0.717) is 11.5 Å². The molecule has 0 spiro atoms. The van der Waals surface area contributed by atoms with Gasteiger partial charge in [-0.05, 0) is 95.0 Å². The highest BCUT2D eigenvalue weighted by Crippen LogP contribution is 2.31. The lowest BCUT2D eigenvalue weighted by Gasteiger charge is -2.49. The van der Waals surface area contributed by atoms with Crippen LogP contribution in [-0.2, 0) is 0 Å². The fourth-order valence-corrected chi connectivity index (χ4v) is 5.26. The summed E-state index contributed by atoms with van der Waals surface area (Å²) in [7, 11) is 4.08. The van der Waals surface area contributed by atoms with Crippen LogP contribution in [0.2, 0.25) is 0 Å². The van der Waals surface area contributed by atoms with E-state index in [-0.39, 0.29) is 17.1 Å². The lowest BCUT2D eigenvalue weighted by molar-refractivity contribution is 0.114. The summed E-state index contributed by atoms with van der Waals surface area (Å²) in [6.45, 7) is 18.0. The van der Waals surface area contributed by atoms with Crippen molar-refractivity contribution in [2.75, 3.05) is 20.6 Å². The first kappa shape index (κ1) is 29.3. The predicted molar refractivity (Wildman–Crippen MR) is 157 cm³/mol. The normalized spacial score (nSPS) is 17.9. The molecular formula is C31H47N5. The first-order valence-electron chi connectivity index (χ1n) is 13.0. The number of hydrogen-bond acceptors (Lipinski definition) is 4. The molecule has 2 rings (SSSR count). The van der Waals surface area contributed by atoms with E-state index < -0.39 is 0 Å². The molecule has 5 nitrogen and oxygen atoms in total. The third kappa shape index (κ3) is 8.34. The summed E-state index contributed by atoms with van der Waals surface area (Å²) in [5.41, 5.74) is 4.55. The highest BCUT2D eigenvalue weighted by molar-refractivity contribution is 6.10. The molecule has 5 heteroatoms. The minimum absolute atomic E-state index is 0.0236. The van der Waals surface area contributed by atoms with Gasteiger partial charge in [0.25, 0.3) is 0 Å². The van der Waals surface area contributed by atoms with Crippen LogP contribution in [0.3, 0.4) is 0 Å². The van der Waals surface area contributed by atoms with Crippen LogP contribution in [0.25, 0.3) is 5.57 Å². The number of nitrogens with one attached hydrogen (secondary N) is 3. The zero-order valence-electron chi connectivity index (χ0n) is 23.7. The molecule has 0 amide bonds. The van der Waals surface area contributed by atoms with Crippen molar-refractivity contribution in [3.8, 4) is 0 Å². The molecule has 0 aromatic heterocycles. The maximum absolute atomic E-state index is 8.65. The number of benzene rings is 1. The third-order valence-corrected chi connectivity index (χ3v) is 6.74. The zero-order valence-corrected chi connectivity index (χ0v) is 23.7. The molecule has 1 heterocycles. The minimum atomic E-state index is 0.0236. The molecular weight excluding hydrogens is 442 g/mol. The molecule has 0 atom stereocenters. The third-order valence-electron chi connectivity index (χ3n) is 6.74. The average Bonchev–Trinajstić information content (AvgIpc) is 2.77. The number of likely N-dealkylation sites (N-methyl/N-ethyl adjacent to an activating group) is 1. The van der Waals surface area contributed by atoms with E-state index in [1.54, 1.807) is 18.2 Å². The summed E-state index contributed by atoms with van der Waals surface area (Å²) in [4.78, 5) is 4.23. The Morgan fingerprint density at radius 1 is 1.08 bits per heavy atom. The van der Waals surface area contributed by atoms with Gasteiger partial charge < -0.3 is 20.5 Å². The molecule has 1 aromatic carbocycles. The van der Waals surface area contributed by atoms with Gasteiger partial charge in [-0.2, -0.15) is 0 Å². The van der Waals surface area contributed by atoms with Crippen molar-refractivity contribution in [3.05, 3.63) is 78.0 Å². The van der Waals surface area contributed by atoms with E-state index in [1.807, 2.05) is 26.1 Å². The summed E-state index contributed by atoms with van der Waals surface area (Å²) in [5, 5.41) is 21.0. The molecule has 1 aliphatic rings. The van der Waals surface area contributed by atoms with Gasteiger partial charge in [0.2, 0.25) is 0 Å². The Kier molecular flexibility index (Phi) is 10.1. The molecule has 0 unspecified atom stereocenters. The highest BCUT2D eigenvalue weighted by Gasteiger charge is 2.39. The standard InChI is InChI=1S/C31H47N5/c1-10-12-24(17-19-35(8)18-11-2)25-13-14-27(23(3)20-25)28(32)15-16-29(33)36(9)26-21-30(4,5)34-31(6,7)22-26/h10,12-17,19-20,26,32-34H,1,11,18,21-22H2,2-9H3/b16-15-,19-17-,24-12+,32-28?,33-29?. The fourth-order valence-electron chi connectivity index (χ4n) is 5.26. The minimum Gasteiger partial charge on any atom is -0.380 e. The Morgan fingerprint density at radius 3 is 2.28 bits per heavy atom. The van der Waals surface area contributed by atoms with E-state index >= 15 is 0 Å². The van der Waals surface area contributed by atoms with Crippen molar-refractivity contribution in [1.82, 2.24) is 15.1 Å². The van der Waals surface area contributed by atoms with E-state index in [0.717, 1.165) is 48.1 Å². The fraction of sp³-hybridized carbons (Fsp3) is 0.484. The summed E-state index contributed by atoms with van der Waals surface area (Å²) in [6, 6.07) is 6.46. The van der Waals surface area contributed by atoms with Crippen molar-refractivity contribution >= 4 is 17.1 Å². The van der Waals surface area contributed by atoms with Crippen molar-refractivity contribution in [3.63, 3.8) is 0 Å². The quantitative estimate of drug-likeness (QED) is 0.198. The van der Waals surface area contributed by atoms with Gasteiger partial charge in [0.05, 0.1) is 5.71 Å². The molecule has 196 valence electrons. The van der Waals surface area contributed by atoms with Crippen LogP contribution < -0.4 is 5.32 Å². The maximum atomic E-state index is 8.65. The number of amidine groups is 1. The van der Waals surface area contributed by atoms with Crippen molar-refractivity contribution < 1.29 is 0 Å². The zero-order chi connectivity index (χ0) is 27.1. The molecule has 1 aliphatic heterocycles. The van der Waals surface area contributed by atoms with Gasteiger partial charge >= 0.3 is 0 Å². The van der Waals surface area contributed by atoms with Crippen molar-refractivity contribution in [2.24, 2.45) is 0 Å². The van der Waals surface area contributed by atoms with Crippen LogP contribution in [0.5, 0.6) is 0 Å². The van der Waals surface area contributed by atoms with Crippen LogP contribution in [0.4, 0.5) is 0 Å². The Morgan fingerprint density at radius 2 is 1.72 bits per heavy atom. The first-order valence-corrected chi connectivity index (χ1v) is 13.0. The Hall–Kier alpha value is -2.92. The lowest BCUT2D eigenvalue weighted by atomic mass is 9.79. The Bertz CT molecular complexity index is 1030. The SMILES string of the molecule is C=C/C=C(\C=C/N(C)CCC)c1ccc(C(=N)/C=C\C(=N)N(C)C2CC(C)(C)NC(C)(C)C2)c(C)c1. The van der Waals surface area contributed by atoms with Crippen LogP contribution >= 0.6 is 0 Å². The van der Waals surface area contributed by atoms with Gasteiger partial charge in [-0.1, -0.05) is 43.9 Å². The second kappa shape index (κ2) is 12.4. The number of rotatable bonds is 10. The topological polar surface area (TPSA) is 66.2 Å². The predicted octanol–water partition coefficient (Wildman–Crippen LogP) is 6.56. The number of piperidine rings is 1. The molecule has 3 N–H and O–H groups in total. The van der Waals surface area contributed by atoms with Gasteiger partial charge in [-0.25, -0.2) is 0 Å². The molecule has 36 heavy (non-hydrogen) atoms. The summed E-state index contributed by atoms with van der Waals surface area (Å²) in [5.74, 6) is 0.435. The van der Waals surface area contributed by atoms with Crippen molar-refractivity contribution in [1.29, 1.82) is 10.8 Å². The molecule has 0 aliphatic carbocycles. The maximum Gasteiger partial charge on any atom is 0.120 e. The van der Waals surface area contributed by atoms with Gasteiger partial charge in [-0.15, -0.1) is 0 Å². The lowest BCUT2D eigenvalue weighted by Crippen LogP contribution is -2.62. The summed E-state index contributed by atoms with van der Waals surface area (Å²) in [6.07, 6.45) is 14.6. The average molecular weight is 490 g/mol. The molecule has 0 bridgehead atoms. The highest BCUT2D eigenvalue weighted by atomic mass is 15.2. The van der Waals surface area contributed by atoms with Gasteiger partial charge in [0.1, 0.15) is 5.84 Å². The molecule has 0 saturated carbocycles. The van der Waals surface area contributed by atoms with Gasteiger partial charge in [-0.3, -0.25) is 5.41 Å². The Balaban J connectivity index is 2.14. The second-order valence-electron chi connectivity index (χ2n) is 11.4. The first-order chi connectivity index (χ1) is 16.8. The number of nitrogens with zero attached hydrogens (tertiary/aromatic N) is 2. The number of allylic oxidation sites excluding steroid dienone is 5. The molecule has 1 fully saturated rings. The van der Waals surface area contributed by atoms with E-state index in [4.69, 9.17) is 10.8 Å². The molecule has 0 radical (unpaired) electrons. The van der Waals surface area contributed by atoms with Gasteiger partial charge in [0.15, 0.2) is 0 Å². The second-order valence-corrected chi connectivity index (χ2v) is 11.4. The number of hydrogen-bond donors (Lipinski definition) is 3. The largest absolute Gasteiger partial charge is 0.380 e. The van der Waals surface area contributed by atoms with Crippen molar-refractivity contribution in [2.45, 2.75) is 77.9 Å². The van der Waals surface area contributed by atoms with Crippen LogP contribution in [0.15, 0.2) is 61.4 Å². The van der Waals surface area contributed by atoms with Crippen LogP contribution in [0, 0.1) is 17.7 Å².